The van der Waals surface area contributed by atoms with E-state index < -0.39 is 51.9 Å². The quantitative estimate of drug-likeness (QED) is 0.410. The second-order valence-electron chi connectivity index (χ2n) is 5.42. The van der Waals surface area contributed by atoms with Crippen LogP contribution in [0.5, 0.6) is 0 Å². The van der Waals surface area contributed by atoms with Gasteiger partial charge < -0.3 is 9.47 Å². The van der Waals surface area contributed by atoms with Crippen molar-refractivity contribution in [1.29, 1.82) is 0 Å². The SMILES string of the molecule is C=C(F)C(=O)OCC(=O)OC1C2CC3C1OS(=O)(=O)C3C2. The Labute approximate surface area is 120 Å². The van der Waals surface area contributed by atoms with Gasteiger partial charge in [-0.2, -0.15) is 12.8 Å². The number of carbonyl (C=O) groups excluding carboxylic acids is 2. The highest BCUT2D eigenvalue weighted by molar-refractivity contribution is 7.87. The van der Waals surface area contributed by atoms with Gasteiger partial charge in [0.15, 0.2) is 6.61 Å². The molecule has 116 valence electrons. The normalized spacial score (nSPS) is 38.2. The third-order valence-corrected chi connectivity index (χ3v) is 6.00. The maximum atomic E-state index is 12.4. The van der Waals surface area contributed by atoms with Crippen molar-refractivity contribution in [1.82, 2.24) is 0 Å². The summed E-state index contributed by atoms with van der Waals surface area (Å²) in [4.78, 5) is 22.4. The maximum Gasteiger partial charge on any atom is 0.367 e. The van der Waals surface area contributed by atoms with Crippen molar-refractivity contribution in [3.63, 3.8) is 0 Å². The summed E-state index contributed by atoms with van der Waals surface area (Å²) >= 11 is 0. The highest BCUT2D eigenvalue weighted by Crippen LogP contribution is 2.55. The molecular weight excluding hydrogens is 307 g/mol. The van der Waals surface area contributed by atoms with Crippen LogP contribution in [0.3, 0.4) is 0 Å². The fraction of sp³-hybridized carbons (Fsp3) is 0.667. The van der Waals surface area contributed by atoms with Crippen LogP contribution in [0, 0.1) is 11.8 Å². The predicted molar refractivity (Wildman–Crippen MR) is 64.9 cm³/mol. The highest BCUT2D eigenvalue weighted by atomic mass is 32.2. The molecule has 3 rings (SSSR count). The Morgan fingerprint density at radius 2 is 2.05 bits per heavy atom. The van der Waals surface area contributed by atoms with E-state index >= 15 is 0 Å². The van der Waals surface area contributed by atoms with Gasteiger partial charge >= 0.3 is 11.9 Å². The number of esters is 2. The average Bonchev–Trinajstić information content (AvgIpc) is 2.99. The third-order valence-electron chi connectivity index (χ3n) is 4.22. The fourth-order valence-electron chi connectivity index (χ4n) is 3.43. The first-order chi connectivity index (χ1) is 9.79. The van der Waals surface area contributed by atoms with Crippen LogP contribution in [0.25, 0.3) is 0 Å². The molecule has 0 aromatic carbocycles. The molecular formula is C12H13FO7S. The van der Waals surface area contributed by atoms with Crippen molar-refractivity contribution in [2.24, 2.45) is 11.8 Å². The molecule has 0 spiro atoms. The van der Waals surface area contributed by atoms with E-state index in [4.69, 9.17) is 8.92 Å². The first-order valence-electron chi connectivity index (χ1n) is 6.42. The van der Waals surface area contributed by atoms with E-state index in [1.165, 1.54) is 0 Å². The zero-order chi connectivity index (χ0) is 15.4. The summed E-state index contributed by atoms with van der Waals surface area (Å²) in [7, 11) is -3.57. The molecule has 5 unspecified atom stereocenters. The van der Waals surface area contributed by atoms with Crippen molar-refractivity contribution >= 4 is 22.1 Å². The highest BCUT2D eigenvalue weighted by Gasteiger charge is 2.65. The Hall–Kier alpha value is -1.48. The second-order valence-corrected chi connectivity index (χ2v) is 7.21. The van der Waals surface area contributed by atoms with Gasteiger partial charge in [0, 0.05) is 11.8 Å². The molecule has 1 heterocycles. The molecule has 2 bridgehead atoms. The van der Waals surface area contributed by atoms with E-state index in [1.54, 1.807) is 0 Å². The number of fused-ring (bicyclic) bond motifs is 1. The molecule has 3 aliphatic rings. The van der Waals surface area contributed by atoms with E-state index in [0.29, 0.717) is 12.8 Å². The van der Waals surface area contributed by atoms with Gasteiger partial charge in [0.25, 0.3) is 10.1 Å². The van der Waals surface area contributed by atoms with Crippen LogP contribution in [0.1, 0.15) is 12.8 Å². The molecule has 0 aromatic rings. The number of carbonyl (C=O) groups is 2. The van der Waals surface area contributed by atoms with Gasteiger partial charge in [-0.3, -0.25) is 4.18 Å². The van der Waals surface area contributed by atoms with Crippen LogP contribution in [-0.2, 0) is 33.4 Å². The van der Waals surface area contributed by atoms with Gasteiger partial charge in [0.2, 0.25) is 5.83 Å². The molecule has 2 saturated carbocycles. The molecule has 3 fully saturated rings. The van der Waals surface area contributed by atoms with Crippen LogP contribution in [0.2, 0.25) is 0 Å². The van der Waals surface area contributed by atoms with Crippen molar-refractivity contribution in [2.45, 2.75) is 30.3 Å². The second kappa shape index (κ2) is 4.77. The van der Waals surface area contributed by atoms with Crippen LogP contribution < -0.4 is 0 Å². The summed E-state index contributed by atoms with van der Waals surface area (Å²) in [5.74, 6) is -3.73. The lowest BCUT2D eigenvalue weighted by atomic mass is 9.94. The van der Waals surface area contributed by atoms with Crippen LogP contribution in [0.15, 0.2) is 12.4 Å². The zero-order valence-electron chi connectivity index (χ0n) is 10.9. The Balaban J connectivity index is 1.59. The minimum Gasteiger partial charge on any atom is -0.457 e. The van der Waals surface area contributed by atoms with E-state index in [-0.39, 0.29) is 11.8 Å². The van der Waals surface area contributed by atoms with Gasteiger partial charge in [-0.15, -0.1) is 0 Å². The monoisotopic (exact) mass is 320 g/mol. The lowest BCUT2D eigenvalue weighted by molar-refractivity contribution is -0.166. The van der Waals surface area contributed by atoms with E-state index in [0.717, 1.165) is 0 Å². The first-order valence-corrected chi connectivity index (χ1v) is 7.90. The van der Waals surface area contributed by atoms with Gasteiger partial charge in [-0.05, 0) is 12.8 Å². The molecule has 0 aromatic heterocycles. The zero-order valence-corrected chi connectivity index (χ0v) is 11.7. The number of rotatable bonds is 4. The van der Waals surface area contributed by atoms with Crippen LogP contribution >= 0.6 is 0 Å². The number of ether oxygens (including phenoxy) is 2. The summed E-state index contributed by atoms with van der Waals surface area (Å²) in [6.45, 7) is 1.98. The topological polar surface area (TPSA) is 96.0 Å². The van der Waals surface area contributed by atoms with Crippen molar-refractivity contribution in [2.75, 3.05) is 6.61 Å². The lowest BCUT2D eigenvalue weighted by Crippen LogP contribution is -2.38. The number of hydrogen-bond acceptors (Lipinski definition) is 7. The van der Waals surface area contributed by atoms with Crippen molar-refractivity contribution in [3.8, 4) is 0 Å². The standard InChI is InChI=1S/C12H13FO7S/c1-5(13)12(15)18-4-9(14)19-10-6-2-7-8(3-6)21(16,17)20-11(7)10/h6-8,10-11H,1-4H2. The molecule has 21 heavy (non-hydrogen) atoms. The summed E-state index contributed by atoms with van der Waals surface area (Å²) in [5, 5.41) is -0.504. The summed E-state index contributed by atoms with van der Waals surface area (Å²) in [5.41, 5.74) is 0. The Kier molecular flexibility index (Phi) is 3.28. The predicted octanol–water partition coefficient (Wildman–Crippen LogP) is 0.0616. The smallest absolute Gasteiger partial charge is 0.367 e. The summed E-state index contributed by atoms with van der Waals surface area (Å²) in [6.07, 6.45) is -0.284. The van der Waals surface area contributed by atoms with E-state index in [2.05, 4.69) is 11.3 Å². The molecule has 7 nitrogen and oxygen atoms in total. The molecule has 0 N–H and O–H groups in total. The van der Waals surface area contributed by atoms with E-state index in [9.17, 15) is 22.4 Å². The fourth-order valence-corrected chi connectivity index (χ4v) is 5.31. The van der Waals surface area contributed by atoms with Gasteiger partial charge in [-0.1, -0.05) is 6.58 Å². The van der Waals surface area contributed by atoms with Crippen LogP contribution in [0.4, 0.5) is 4.39 Å². The molecule has 0 amide bonds. The van der Waals surface area contributed by atoms with Gasteiger partial charge in [0.1, 0.15) is 12.2 Å². The van der Waals surface area contributed by atoms with Crippen molar-refractivity contribution in [3.05, 3.63) is 12.4 Å². The third kappa shape index (κ3) is 2.34. The average molecular weight is 320 g/mol. The Morgan fingerprint density at radius 1 is 1.33 bits per heavy atom. The van der Waals surface area contributed by atoms with Crippen LogP contribution in [-0.4, -0.2) is 44.4 Å². The molecule has 0 radical (unpaired) electrons. The minimum absolute atomic E-state index is 0.0712. The van der Waals surface area contributed by atoms with Gasteiger partial charge in [-0.25, -0.2) is 9.59 Å². The van der Waals surface area contributed by atoms with Crippen molar-refractivity contribution < 1.29 is 36.1 Å². The molecule has 9 heteroatoms. The molecule has 5 atom stereocenters. The summed E-state index contributed by atoms with van der Waals surface area (Å²) < 4.78 is 50.3. The minimum atomic E-state index is -3.57. The Bertz CT molecular complexity index is 613. The first kappa shape index (κ1) is 14.5. The summed E-state index contributed by atoms with van der Waals surface area (Å²) in [6, 6.07) is 0. The maximum absolute atomic E-state index is 12.4. The van der Waals surface area contributed by atoms with E-state index in [1.807, 2.05) is 0 Å². The number of hydrogen-bond donors (Lipinski definition) is 0. The Morgan fingerprint density at radius 3 is 2.71 bits per heavy atom. The largest absolute Gasteiger partial charge is 0.457 e. The number of halogens is 1. The molecule has 2 aliphatic carbocycles. The van der Waals surface area contributed by atoms with Gasteiger partial charge in [0.05, 0.1) is 5.25 Å². The lowest BCUT2D eigenvalue weighted by Gasteiger charge is -2.24. The molecule has 1 aliphatic heterocycles. The molecule has 1 saturated heterocycles.